The first-order valence-corrected chi connectivity index (χ1v) is 8.53. The van der Waals surface area contributed by atoms with Crippen LogP contribution in [0.5, 0.6) is 0 Å². The highest BCUT2D eigenvalue weighted by Crippen LogP contribution is 2.13. The molecule has 18 heavy (non-hydrogen) atoms. The van der Waals surface area contributed by atoms with Crippen LogP contribution in [0.15, 0.2) is 17.5 Å². The van der Waals surface area contributed by atoms with Gasteiger partial charge in [0.1, 0.15) is 0 Å². The molecule has 2 nitrogen and oxygen atoms in total. The van der Waals surface area contributed by atoms with E-state index in [-0.39, 0.29) is 0 Å². The largest absolute Gasteiger partial charge is 0.340 e. The lowest BCUT2D eigenvalue weighted by Gasteiger charge is -2.26. The van der Waals surface area contributed by atoms with Gasteiger partial charge in [-0.05, 0) is 44.6 Å². The minimum absolute atomic E-state index is 0.294. The number of hydrogen-bond acceptors (Lipinski definition) is 2. The second-order valence-corrected chi connectivity index (χ2v) is 6.48. The molecule has 1 aromatic rings. The summed E-state index contributed by atoms with van der Waals surface area (Å²) >= 11 is 5.19. The lowest BCUT2D eigenvalue weighted by atomic mass is 10.1. The van der Waals surface area contributed by atoms with Crippen molar-refractivity contribution in [3.05, 3.63) is 22.4 Å². The van der Waals surface area contributed by atoms with E-state index in [4.69, 9.17) is 0 Å². The van der Waals surface area contributed by atoms with Gasteiger partial charge in [-0.15, -0.1) is 11.3 Å². The molecule has 0 spiro atoms. The number of carbonyl (C=O) groups is 1. The maximum absolute atomic E-state index is 12.1. The molecule has 0 bridgehead atoms. The normalized spacial score (nSPS) is 10.9. The van der Waals surface area contributed by atoms with Crippen molar-refractivity contribution in [1.82, 2.24) is 4.90 Å². The summed E-state index contributed by atoms with van der Waals surface area (Å²) in [5.74, 6) is 0.294. The highest BCUT2D eigenvalue weighted by Gasteiger charge is 2.15. The summed E-state index contributed by atoms with van der Waals surface area (Å²) in [6.45, 7) is 5.04. The Morgan fingerprint density at radius 2 is 2.22 bits per heavy atom. The molecular weight excluding hydrogens is 310 g/mol. The standard InChI is InChI=1S/C14H22BrNOS/c1-12(2)16(10-5-9-15)14(17)8-3-6-13-7-4-11-18-13/h4,7,11-12H,3,5-6,8-10H2,1-2H3. The number of alkyl halides is 1. The zero-order valence-electron chi connectivity index (χ0n) is 11.2. The third-order valence-corrected chi connectivity index (χ3v) is 4.37. The second kappa shape index (κ2) is 8.70. The fraction of sp³-hybridized carbons (Fsp3) is 0.643. The van der Waals surface area contributed by atoms with E-state index in [0.29, 0.717) is 18.4 Å². The summed E-state index contributed by atoms with van der Waals surface area (Å²) in [7, 11) is 0. The van der Waals surface area contributed by atoms with E-state index in [9.17, 15) is 4.79 Å². The minimum Gasteiger partial charge on any atom is -0.340 e. The van der Waals surface area contributed by atoms with Crippen LogP contribution in [-0.4, -0.2) is 28.7 Å². The van der Waals surface area contributed by atoms with Gasteiger partial charge in [0.15, 0.2) is 0 Å². The monoisotopic (exact) mass is 331 g/mol. The molecule has 0 radical (unpaired) electrons. The van der Waals surface area contributed by atoms with Gasteiger partial charge >= 0.3 is 0 Å². The molecule has 0 atom stereocenters. The van der Waals surface area contributed by atoms with Crippen LogP contribution in [0.3, 0.4) is 0 Å². The predicted molar refractivity (Wildman–Crippen MR) is 82.5 cm³/mol. The molecule has 0 fully saturated rings. The molecule has 0 unspecified atom stereocenters. The number of thiophene rings is 1. The van der Waals surface area contributed by atoms with Gasteiger partial charge in [-0.1, -0.05) is 22.0 Å². The third kappa shape index (κ3) is 5.53. The Morgan fingerprint density at radius 3 is 2.78 bits per heavy atom. The first-order chi connectivity index (χ1) is 8.65. The summed E-state index contributed by atoms with van der Waals surface area (Å²) in [4.78, 5) is 15.5. The number of rotatable bonds is 8. The van der Waals surface area contributed by atoms with Crippen LogP contribution in [0.1, 0.15) is 38.0 Å². The van der Waals surface area contributed by atoms with Gasteiger partial charge in [0, 0.05) is 29.2 Å². The molecule has 0 N–H and O–H groups in total. The number of carbonyl (C=O) groups excluding carboxylic acids is 1. The van der Waals surface area contributed by atoms with Gasteiger partial charge in [-0.2, -0.15) is 0 Å². The molecule has 0 saturated heterocycles. The Balaban J connectivity index is 2.32. The smallest absolute Gasteiger partial charge is 0.222 e. The van der Waals surface area contributed by atoms with E-state index in [1.54, 1.807) is 11.3 Å². The fourth-order valence-corrected chi connectivity index (χ4v) is 2.92. The molecule has 1 amide bonds. The van der Waals surface area contributed by atoms with Gasteiger partial charge in [0.2, 0.25) is 5.91 Å². The zero-order chi connectivity index (χ0) is 13.4. The van der Waals surface area contributed by atoms with E-state index >= 15 is 0 Å². The summed E-state index contributed by atoms with van der Waals surface area (Å²) < 4.78 is 0. The Bertz CT molecular complexity index is 338. The summed E-state index contributed by atoms with van der Waals surface area (Å²) in [6.07, 6.45) is 3.66. The van der Waals surface area contributed by atoms with Gasteiger partial charge in [-0.3, -0.25) is 4.79 Å². The first-order valence-electron chi connectivity index (χ1n) is 6.53. The second-order valence-electron chi connectivity index (χ2n) is 4.66. The molecule has 1 rings (SSSR count). The van der Waals surface area contributed by atoms with Crippen LogP contribution >= 0.6 is 27.3 Å². The fourth-order valence-electron chi connectivity index (χ4n) is 1.91. The third-order valence-electron chi connectivity index (χ3n) is 2.87. The summed E-state index contributed by atoms with van der Waals surface area (Å²) in [6, 6.07) is 4.51. The van der Waals surface area contributed by atoms with Crippen LogP contribution in [0.2, 0.25) is 0 Å². The quantitative estimate of drug-likeness (QED) is 0.657. The van der Waals surface area contributed by atoms with E-state index < -0.39 is 0 Å². The predicted octanol–water partition coefficient (Wildman–Crippen LogP) is 4.09. The highest BCUT2D eigenvalue weighted by atomic mass is 79.9. The van der Waals surface area contributed by atoms with Gasteiger partial charge in [0.25, 0.3) is 0 Å². The van der Waals surface area contributed by atoms with E-state index in [1.807, 2.05) is 4.90 Å². The van der Waals surface area contributed by atoms with Crippen LogP contribution in [0.25, 0.3) is 0 Å². The molecule has 0 aliphatic heterocycles. The van der Waals surface area contributed by atoms with Crippen molar-refractivity contribution in [2.45, 2.75) is 45.6 Å². The number of nitrogens with zero attached hydrogens (tertiary/aromatic N) is 1. The van der Waals surface area contributed by atoms with E-state index in [2.05, 4.69) is 47.3 Å². The lowest BCUT2D eigenvalue weighted by molar-refractivity contribution is -0.133. The Morgan fingerprint density at radius 1 is 1.44 bits per heavy atom. The maximum Gasteiger partial charge on any atom is 0.222 e. The molecule has 0 aliphatic rings. The molecule has 1 aromatic heterocycles. The molecular formula is C14H22BrNOS. The summed E-state index contributed by atoms with van der Waals surface area (Å²) in [5, 5.41) is 3.05. The Hall–Kier alpha value is -0.350. The van der Waals surface area contributed by atoms with E-state index in [1.165, 1.54) is 4.88 Å². The first kappa shape index (κ1) is 15.7. The number of amides is 1. The van der Waals surface area contributed by atoms with Crippen molar-refractivity contribution in [3.8, 4) is 0 Å². The molecule has 1 heterocycles. The molecule has 0 aromatic carbocycles. The molecule has 0 aliphatic carbocycles. The van der Waals surface area contributed by atoms with Crippen molar-refractivity contribution in [2.75, 3.05) is 11.9 Å². The van der Waals surface area contributed by atoms with Crippen molar-refractivity contribution in [3.63, 3.8) is 0 Å². The Labute approximate surface area is 123 Å². The van der Waals surface area contributed by atoms with Crippen LogP contribution in [-0.2, 0) is 11.2 Å². The maximum atomic E-state index is 12.1. The average Bonchev–Trinajstić information content (AvgIpc) is 2.82. The van der Waals surface area contributed by atoms with Crippen molar-refractivity contribution in [1.29, 1.82) is 0 Å². The molecule has 4 heteroatoms. The topological polar surface area (TPSA) is 20.3 Å². The van der Waals surface area contributed by atoms with Crippen LogP contribution in [0, 0.1) is 0 Å². The SMILES string of the molecule is CC(C)N(CCCBr)C(=O)CCCc1cccs1. The van der Waals surface area contributed by atoms with Crippen molar-refractivity contribution >= 4 is 33.2 Å². The van der Waals surface area contributed by atoms with Crippen molar-refractivity contribution in [2.24, 2.45) is 0 Å². The van der Waals surface area contributed by atoms with Gasteiger partial charge < -0.3 is 4.90 Å². The average molecular weight is 332 g/mol. The zero-order valence-corrected chi connectivity index (χ0v) is 13.6. The minimum atomic E-state index is 0.294. The highest BCUT2D eigenvalue weighted by molar-refractivity contribution is 9.09. The van der Waals surface area contributed by atoms with Crippen LogP contribution in [0.4, 0.5) is 0 Å². The van der Waals surface area contributed by atoms with Gasteiger partial charge in [-0.25, -0.2) is 0 Å². The molecule has 102 valence electrons. The van der Waals surface area contributed by atoms with E-state index in [0.717, 1.165) is 31.1 Å². The Kier molecular flexibility index (Phi) is 7.59. The number of hydrogen-bond donors (Lipinski definition) is 0. The number of aryl methyl sites for hydroxylation is 1. The molecule has 0 saturated carbocycles. The van der Waals surface area contributed by atoms with Crippen LogP contribution < -0.4 is 0 Å². The van der Waals surface area contributed by atoms with Crippen molar-refractivity contribution < 1.29 is 4.79 Å². The number of halogens is 1. The van der Waals surface area contributed by atoms with Gasteiger partial charge in [0.05, 0.1) is 0 Å². The summed E-state index contributed by atoms with van der Waals surface area (Å²) in [5.41, 5.74) is 0. The lowest BCUT2D eigenvalue weighted by Crippen LogP contribution is -2.37.